The average molecular weight is 667 g/mol. The molecule has 4 nitrogen and oxygen atoms in total. The molecule has 0 aliphatic heterocycles. The van der Waals surface area contributed by atoms with E-state index in [-0.39, 0.29) is 0 Å². The molecule has 6 aromatic carbocycles. The van der Waals surface area contributed by atoms with E-state index >= 15 is 0 Å². The molecule has 9 aromatic rings. The Labute approximate surface area is 302 Å². The number of benzene rings is 6. The molecular weight excluding hydrogens is 633 g/mol. The lowest BCUT2D eigenvalue weighted by molar-refractivity contribution is 1.12. The summed E-state index contributed by atoms with van der Waals surface area (Å²) in [5.74, 6) is 0.914. The van der Waals surface area contributed by atoms with Gasteiger partial charge in [-0.2, -0.15) is 0 Å². The second-order valence-electron chi connectivity index (χ2n) is 12.9. The predicted molar refractivity (Wildman–Crippen MR) is 219 cm³/mol. The maximum atomic E-state index is 5.24. The molecule has 0 amide bonds. The third-order valence-electron chi connectivity index (χ3n) is 9.73. The van der Waals surface area contributed by atoms with Crippen LogP contribution in [-0.2, 0) is 0 Å². The number of hydrogen-bond donors (Lipinski definition) is 0. The Morgan fingerprint density at radius 2 is 1.17 bits per heavy atom. The first-order valence-electron chi connectivity index (χ1n) is 17.5. The Balaban J connectivity index is 1.07. The van der Waals surface area contributed by atoms with Gasteiger partial charge in [-0.15, -0.1) is 0 Å². The zero-order valence-corrected chi connectivity index (χ0v) is 28.7. The quantitative estimate of drug-likeness (QED) is 0.0966. The monoisotopic (exact) mass is 666 g/mol. The number of allylic oxidation sites excluding steroid dienone is 5. The molecule has 9 rings (SSSR count). The van der Waals surface area contributed by atoms with E-state index in [0.717, 1.165) is 83.2 Å². The van der Waals surface area contributed by atoms with E-state index in [1.54, 1.807) is 6.08 Å². The molecule has 0 saturated heterocycles. The molecule has 3 aromatic heterocycles. The third-order valence-corrected chi connectivity index (χ3v) is 9.73. The number of para-hydroxylation sites is 3. The second kappa shape index (κ2) is 13.1. The van der Waals surface area contributed by atoms with Gasteiger partial charge in [-0.3, -0.25) is 4.57 Å². The van der Waals surface area contributed by atoms with Crippen molar-refractivity contribution in [2.75, 3.05) is 0 Å². The molecule has 0 aliphatic rings. The van der Waals surface area contributed by atoms with Crippen molar-refractivity contribution < 1.29 is 0 Å². The van der Waals surface area contributed by atoms with Gasteiger partial charge in [0, 0.05) is 38.5 Å². The van der Waals surface area contributed by atoms with Crippen molar-refractivity contribution in [2.45, 2.75) is 6.92 Å². The zero-order chi connectivity index (χ0) is 35.0. The van der Waals surface area contributed by atoms with Gasteiger partial charge in [-0.25, -0.2) is 15.0 Å². The van der Waals surface area contributed by atoms with Crippen LogP contribution in [0.4, 0.5) is 0 Å². The highest BCUT2D eigenvalue weighted by Crippen LogP contribution is 2.38. The Hall–Kier alpha value is -6.91. The SMILES string of the molecule is C=C/C=C\C=C(/C)n1c(-c2ccc(-c3ccc(-c4ccc5ccc6c(-c7ccccc7)c7ccccc7nc6c5n4)cc3)cc2)nc2ccccc21. The molecule has 0 saturated carbocycles. The summed E-state index contributed by atoms with van der Waals surface area (Å²) in [4.78, 5) is 15.4. The van der Waals surface area contributed by atoms with Crippen LogP contribution in [0, 0.1) is 0 Å². The molecule has 3 heterocycles. The summed E-state index contributed by atoms with van der Waals surface area (Å²) < 4.78 is 2.22. The Kier molecular flexibility index (Phi) is 7.83. The number of fused-ring (bicyclic) bond motifs is 5. The number of hydrogen-bond acceptors (Lipinski definition) is 3. The minimum atomic E-state index is 0.908. The smallest absolute Gasteiger partial charge is 0.145 e. The summed E-state index contributed by atoms with van der Waals surface area (Å²) in [5, 5.41) is 3.32. The summed E-state index contributed by atoms with van der Waals surface area (Å²) in [6, 6.07) is 53.2. The number of pyridine rings is 2. The number of aromatic nitrogens is 4. The lowest BCUT2D eigenvalue weighted by Gasteiger charge is -2.13. The first kappa shape index (κ1) is 31.1. The fourth-order valence-corrected chi connectivity index (χ4v) is 7.18. The Morgan fingerprint density at radius 3 is 1.94 bits per heavy atom. The molecule has 0 fully saturated rings. The lowest BCUT2D eigenvalue weighted by Crippen LogP contribution is -1.97. The summed E-state index contributed by atoms with van der Waals surface area (Å²) in [6.07, 6.45) is 7.80. The first-order valence-corrected chi connectivity index (χ1v) is 17.5. The molecule has 0 aliphatic carbocycles. The van der Waals surface area contributed by atoms with E-state index in [4.69, 9.17) is 15.0 Å². The van der Waals surface area contributed by atoms with Gasteiger partial charge in [0.1, 0.15) is 5.82 Å². The molecule has 52 heavy (non-hydrogen) atoms. The summed E-state index contributed by atoms with van der Waals surface area (Å²) in [5.41, 5.74) is 13.6. The number of nitrogens with zero attached hydrogens (tertiary/aromatic N) is 4. The number of rotatable bonds is 7. The van der Waals surface area contributed by atoms with E-state index in [9.17, 15) is 0 Å². The largest absolute Gasteiger partial charge is 0.296 e. The predicted octanol–water partition coefficient (Wildman–Crippen LogP) is 12.6. The van der Waals surface area contributed by atoms with Crippen LogP contribution in [0.1, 0.15) is 6.92 Å². The second-order valence-corrected chi connectivity index (χ2v) is 12.9. The van der Waals surface area contributed by atoms with Crippen LogP contribution in [-0.4, -0.2) is 19.5 Å². The molecule has 0 N–H and O–H groups in total. The molecule has 0 atom stereocenters. The minimum Gasteiger partial charge on any atom is -0.296 e. The molecule has 0 unspecified atom stereocenters. The topological polar surface area (TPSA) is 43.6 Å². The van der Waals surface area contributed by atoms with E-state index < -0.39 is 0 Å². The van der Waals surface area contributed by atoms with E-state index in [1.807, 2.05) is 18.2 Å². The third kappa shape index (κ3) is 5.47. The van der Waals surface area contributed by atoms with Crippen LogP contribution in [0.25, 0.3) is 94.3 Å². The molecule has 0 bridgehead atoms. The molecule has 0 spiro atoms. The van der Waals surface area contributed by atoms with Crippen molar-refractivity contribution >= 4 is 49.4 Å². The Bertz CT molecular complexity index is 2840. The van der Waals surface area contributed by atoms with Gasteiger partial charge in [-0.1, -0.05) is 152 Å². The normalized spacial score (nSPS) is 12.1. The van der Waals surface area contributed by atoms with Crippen LogP contribution in [0.15, 0.2) is 183 Å². The van der Waals surface area contributed by atoms with Crippen LogP contribution in [0.3, 0.4) is 0 Å². The van der Waals surface area contributed by atoms with Crippen molar-refractivity contribution in [1.29, 1.82) is 0 Å². The Morgan fingerprint density at radius 1 is 0.519 bits per heavy atom. The van der Waals surface area contributed by atoms with Gasteiger partial charge >= 0.3 is 0 Å². The van der Waals surface area contributed by atoms with Crippen molar-refractivity contribution in [1.82, 2.24) is 19.5 Å². The van der Waals surface area contributed by atoms with E-state index in [2.05, 4.69) is 170 Å². The van der Waals surface area contributed by atoms with Gasteiger partial charge in [0.25, 0.3) is 0 Å². The van der Waals surface area contributed by atoms with Crippen LogP contribution in [0.2, 0.25) is 0 Å². The molecule has 0 radical (unpaired) electrons. The highest BCUT2D eigenvalue weighted by molar-refractivity contribution is 6.16. The van der Waals surface area contributed by atoms with Crippen molar-refractivity contribution in [2.24, 2.45) is 0 Å². The first-order chi connectivity index (χ1) is 25.7. The highest BCUT2D eigenvalue weighted by atomic mass is 15.1. The average Bonchev–Trinajstić information content (AvgIpc) is 3.60. The lowest BCUT2D eigenvalue weighted by atomic mass is 9.95. The minimum absolute atomic E-state index is 0.908. The van der Waals surface area contributed by atoms with Gasteiger partial charge < -0.3 is 0 Å². The van der Waals surface area contributed by atoms with Gasteiger partial charge in [0.05, 0.1) is 33.3 Å². The van der Waals surface area contributed by atoms with Crippen molar-refractivity contribution in [3.8, 4) is 44.9 Å². The summed E-state index contributed by atoms with van der Waals surface area (Å²) in [7, 11) is 0. The van der Waals surface area contributed by atoms with Gasteiger partial charge in [-0.05, 0) is 54.0 Å². The van der Waals surface area contributed by atoms with Crippen LogP contribution < -0.4 is 0 Å². The molecular formula is C48H34N4. The van der Waals surface area contributed by atoms with Crippen molar-refractivity contribution in [3.05, 3.63) is 183 Å². The maximum Gasteiger partial charge on any atom is 0.145 e. The highest BCUT2D eigenvalue weighted by Gasteiger charge is 2.16. The fourth-order valence-electron chi connectivity index (χ4n) is 7.18. The summed E-state index contributed by atoms with van der Waals surface area (Å²) >= 11 is 0. The summed E-state index contributed by atoms with van der Waals surface area (Å²) in [6.45, 7) is 5.89. The van der Waals surface area contributed by atoms with Gasteiger partial charge in [0.15, 0.2) is 0 Å². The standard InChI is InChI=1S/C48H34N4/c1-3-4-6-13-32(2)52-44-19-12-11-18-43(44)51-48(52)38-26-22-34(23-27-38)33-20-24-35(25-21-33)41-31-29-37-28-30-40-45(36-14-7-5-8-15-36)39-16-9-10-17-42(39)50-47(40)46(37)49-41/h3-31H,1H2,2H3/b6-4-,32-13+. The zero-order valence-electron chi connectivity index (χ0n) is 28.7. The maximum absolute atomic E-state index is 5.24. The van der Waals surface area contributed by atoms with E-state index in [1.165, 1.54) is 11.1 Å². The molecule has 246 valence electrons. The van der Waals surface area contributed by atoms with E-state index in [0.29, 0.717) is 0 Å². The number of imidazole rings is 1. The molecule has 4 heteroatoms. The van der Waals surface area contributed by atoms with Crippen LogP contribution >= 0.6 is 0 Å². The van der Waals surface area contributed by atoms with Crippen molar-refractivity contribution in [3.63, 3.8) is 0 Å². The van der Waals surface area contributed by atoms with Gasteiger partial charge in [0.2, 0.25) is 0 Å². The fraction of sp³-hybridized carbons (Fsp3) is 0.0208. The van der Waals surface area contributed by atoms with Crippen LogP contribution in [0.5, 0.6) is 0 Å².